The highest BCUT2D eigenvalue weighted by Crippen LogP contribution is 2.26. The predicted octanol–water partition coefficient (Wildman–Crippen LogP) is 3.14. The molecule has 2 aromatic rings. The topological polar surface area (TPSA) is 33.1 Å². The number of aliphatic hydroxyl groups excluding tert-OH is 1. The maximum Gasteiger partial charge on any atom is 0.134 e. The van der Waals surface area contributed by atoms with Gasteiger partial charge in [-0.2, -0.15) is 0 Å². The zero-order valence-corrected chi connectivity index (χ0v) is 10.3. The molecule has 2 nitrogen and oxygen atoms in total. The van der Waals surface area contributed by atoms with E-state index in [1.807, 2.05) is 0 Å². The van der Waals surface area contributed by atoms with Crippen molar-refractivity contribution < 1.29 is 18.3 Å². The third-order valence-electron chi connectivity index (χ3n) is 2.41. The first-order chi connectivity index (χ1) is 8.47. The van der Waals surface area contributed by atoms with Crippen LogP contribution < -0.4 is 0 Å². The Morgan fingerprint density at radius 3 is 2.39 bits per heavy atom. The van der Waals surface area contributed by atoms with Crippen LogP contribution in [0.25, 0.3) is 0 Å². The van der Waals surface area contributed by atoms with E-state index in [0.29, 0.717) is 17.1 Å². The third kappa shape index (κ3) is 2.70. The van der Waals surface area contributed by atoms with Crippen LogP contribution >= 0.6 is 11.3 Å². The van der Waals surface area contributed by atoms with Crippen molar-refractivity contribution in [3.8, 4) is 0 Å². The average molecular weight is 273 g/mol. The van der Waals surface area contributed by atoms with Gasteiger partial charge in [-0.1, -0.05) is 0 Å². The maximum atomic E-state index is 13.4. The van der Waals surface area contributed by atoms with Crippen LogP contribution in [-0.2, 0) is 6.42 Å². The molecule has 0 bridgehead atoms. The Hall–Kier alpha value is -1.40. The molecule has 0 aliphatic carbocycles. The summed E-state index contributed by atoms with van der Waals surface area (Å²) >= 11 is 1.30. The van der Waals surface area contributed by atoms with Gasteiger partial charge in [0.25, 0.3) is 0 Å². The van der Waals surface area contributed by atoms with Gasteiger partial charge in [0.1, 0.15) is 17.5 Å². The smallest absolute Gasteiger partial charge is 0.134 e. The molecule has 0 fully saturated rings. The second-order valence-electron chi connectivity index (χ2n) is 3.89. The summed E-state index contributed by atoms with van der Waals surface area (Å²) in [6.45, 7) is 1.78. The summed E-state index contributed by atoms with van der Waals surface area (Å²) in [5, 5.41) is 12.1. The van der Waals surface area contributed by atoms with Crippen molar-refractivity contribution in [2.24, 2.45) is 0 Å². The maximum absolute atomic E-state index is 13.4. The molecule has 1 heterocycles. The Bertz CT molecular complexity index is 547. The van der Waals surface area contributed by atoms with Gasteiger partial charge in [0.15, 0.2) is 0 Å². The van der Waals surface area contributed by atoms with Crippen molar-refractivity contribution in [3.05, 3.63) is 51.2 Å². The number of benzene rings is 1. The summed E-state index contributed by atoms with van der Waals surface area (Å²) in [4.78, 5) is 4.09. The van der Waals surface area contributed by atoms with E-state index in [0.717, 1.165) is 5.69 Å². The molecule has 1 atom stereocenters. The molecule has 0 aliphatic rings. The lowest BCUT2D eigenvalue weighted by Crippen LogP contribution is -2.08. The zero-order valence-electron chi connectivity index (χ0n) is 9.45. The predicted molar refractivity (Wildman–Crippen MR) is 61.8 cm³/mol. The second-order valence-corrected chi connectivity index (χ2v) is 4.83. The number of rotatable bonds is 3. The Labute approximate surface area is 106 Å². The van der Waals surface area contributed by atoms with Gasteiger partial charge in [0.05, 0.1) is 16.7 Å². The largest absolute Gasteiger partial charge is 0.388 e. The van der Waals surface area contributed by atoms with Crippen LogP contribution in [0, 0.1) is 24.4 Å². The Morgan fingerprint density at radius 2 is 1.89 bits per heavy atom. The van der Waals surface area contributed by atoms with Crippen molar-refractivity contribution in [2.45, 2.75) is 19.4 Å². The van der Waals surface area contributed by atoms with Crippen molar-refractivity contribution >= 4 is 11.3 Å². The fraction of sp³-hybridized carbons (Fsp3) is 0.250. The molecule has 0 saturated heterocycles. The fourth-order valence-corrected chi connectivity index (χ4v) is 2.45. The molecule has 0 spiro atoms. The van der Waals surface area contributed by atoms with E-state index in [9.17, 15) is 18.3 Å². The lowest BCUT2D eigenvalue weighted by molar-refractivity contribution is 0.168. The number of nitrogens with zero attached hydrogens (tertiary/aromatic N) is 1. The first-order valence-corrected chi connectivity index (χ1v) is 6.09. The van der Waals surface area contributed by atoms with E-state index in [-0.39, 0.29) is 6.42 Å². The van der Waals surface area contributed by atoms with Gasteiger partial charge in [0, 0.05) is 29.6 Å². The van der Waals surface area contributed by atoms with Crippen LogP contribution in [0.15, 0.2) is 17.5 Å². The van der Waals surface area contributed by atoms with Crippen LogP contribution in [0.2, 0.25) is 0 Å². The molecule has 1 N–H and O–H groups in total. The first kappa shape index (κ1) is 13.0. The molecule has 6 heteroatoms. The van der Waals surface area contributed by atoms with Crippen molar-refractivity contribution in [3.63, 3.8) is 0 Å². The SMILES string of the molecule is Cc1csc(CC(O)c2c(F)cc(F)cc2F)n1. The summed E-state index contributed by atoms with van der Waals surface area (Å²) in [7, 11) is 0. The summed E-state index contributed by atoms with van der Waals surface area (Å²) in [6.07, 6.45) is -1.38. The van der Waals surface area contributed by atoms with Gasteiger partial charge < -0.3 is 5.11 Å². The number of hydrogen-bond donors (Lipinski definition) is 1. The van der Waals surface area contributed by atoms with Gasteiger partial charge in [-0.15, -0.1) is 11.3 Å². The Kier molecular flexibility index (Phi) is 3.68. The van der Waals surface area contributed by atoms with Crippen LogP contribution in [0.4, 0.5) is 13.2 Å². The molecular formula is C12H10F3NOS. The molecule has 1 aromatic heterocycles. The monoisotopic (exact) mass is 273 g/mol. The van der Waals surface area contributed by atoms with Gasteiger partial charge >= 0.3 is 0 Å². The van der Waals surface area contributed by atoms with Crippen LogP contribution in [0.1, 0.15) is 22.4 Å². The van der Waals surface area contributed by atoms with E-state index in [4.69, 9.17) is 0 Å². The molecule has 2 rings (SSSR count). The lowest BCUT2D eigenvalue weighted by Gasteiger charge is -2.11. The zero-order chi connectivity index (χ0) is 13.3. The molecule has 0 amide bonds. The molecule has 0 aliphatic heterocycles. The number of aromatic nitrogens is 1. The minimum absolute atomic E-state index is 0.00200. The van der Waals surface area contributed by atoms with Crippen LogP contribution in [0.5, 0.6) is 0 Å². The highest BCUT2D eigenvalue weighted by atomic mass is 32.1. The average Bonchev–Trinajstić information content (AvgIpc) is 2.62. The van der Waals surface area contributed by atoms with E-state index in [1.165, 1.54) is 11.3 Å². The van der Waals surface area contributed by atoms with Crippen molar-refractivity contribution in [1.29, 1.82) is 0 Å². The van der Waals surface area contributed by atoms with E-state index in [2.05, 4.69) is 4.98 Å². The minimum Gasteiger partial charge on any atom is -0.388 e. The summed E-state index contributed by atoms with van der Waals surface area (Å²) in [5.41, 5.74) is 0.256. The van der Waals surface area contributed by atoms with E-state index >= 15 is 0 Å². The number of aliphatic hydroxyl groups is 1. The van der Waals surface area contributed by atoms with Crippen molar-refractivity contribution in [1.82, 2.24) is 4.98 Å². The summed E-state index contributed by atoms with van der Waals surface area (Å²) in [6, 6.07) is 1.10. The molecular weight excluding hydrogens is 263 g/mol. The molecule has 18 heavy (non-hydrogen) atoms. The third-order valence-corrected chi connectivity index (χ3v) is 3.40. The van der Waals surface area contributed by atoms with Crippen LogP contribution in [-0.4, -0.2) is 10.1 Å². The summed E-state index contributed by atoms with van der Waals surface area (Å²) in [5.74, 6) is -3.19. The Balaban J connectivity index is 2.26. The normalized spacial score (nSPS) is 12.7. The second kappa shape index (κ2) is 5.07. The Morgan fingerprint density at radius 1 is 1.28 bits per heavy atom. The number of aryl methyl sites for hydroxylation is 1. The number of hydrogen-bond acceptors (Lipinski definition) is 3. The number of thiazole rings is 1. The lowest BCUT2D eigenvalue weighted by atomic mass is 10.1. The van der Waals surface area contributed by atoms with E-state index in [1.54, 1.807) is 12.3 Å². The minimum atomic E-state index is -1.38. The first-order valence-electron chi connectivity index (χ1n) is 5.21. The van der Waals surface area contributed by atoms with E-state index < -0.39 is 29.1 Å². The van der Waals surface area contributed by atoms with Crippen LogP contribution in [0.3, 0.4) is 0 Å². The van der Waals surface area contributed by atoms with Gasteiger partial charge in [-0.3, -0.25) is 0 Å². The number of halogens is 3. The molecule has 0 radical (unpaired) electrons. The van der Waals surface area contributed by atoms with Crippen molar-refractivity contribution in [2.75, 3.05) is 0 Å². The molecule has 1 aromatic carbocycles. The fourth-order valence-electron chi connectivity index (χ4n) is 1.64. The quantitative estimate of drug-likeness (QED) is 0.932. The highest BCUT2D eigenvalue weighted by molar-refractivity contribution is 7.09. The van der Waals surface area contributed by atoms with Gasteiger partial charge in [-0.05, 0) is 6.92 Å². The molecule has 96 valence electrons. The molecule has 0 saturated carbocycles. The summed E-state index contributed by atoms with van der Waals surface area (Å²) < 4.78 is 39.6. The highest BCUT2D eigenvalue weighted by Gasteiger charge is 2.20. The molecule has 1 unspecified atom stereocenters. The van der Waals surface area contributed by atoms with Gasteiger partial charge in [0.2, 0.25) is 0 Å². The van der Waals surface area contributed by atoms with Gasteiger partial charge in [-0.25, -0.2) is 18.2 Å². The standard InChI is InChI=1S/C12H10F3NOS/c1-6-5-18-11(16-6)4-10(17)12-8(14)2-7(13)3-9(12)15/h2-3,5,10,17H,4H2,1H3.